The summed E-state index contributed by atoms with van der Waals surface area (Å²) in [5.41, 5.74) is 0. The second-order valence-corrected chi connectivity index (χ2v) is 5.95. The maximum absolute atomic E-state index is 2.29. The standard InChI is InChI=1S/C18H38.2BrH/c1-3-5-7-9-11-13-15-17-18-16-14-12-10-8-6-4-2;;/h3-18H2,1-2H3;2*1H. The fraction of sp³-hybridized carbons (Fsp3) is 1.00. The van der Waals surface area contributed by atoms with Crippen LogP contribution in [0.15, 0.2) is 0 Å². The van der Waals surface area contributed by atoms with Crippen LogP contribution >= 0.6 is 34.0 Å². The highest BCUT2D eigenvalue weighted by molar-refractivity contribution is 8.93. The number of hydrogen-bond donors (Lipinski definition) is 0. The Kier molecular flexibility index (Phi) is 32.3. The molecule has 0 bridgehead atoms. The summed E-state index contributed by atoms with van der Waals surface area (Å²) in [5, 5.41) is 0. The van der Waals surface area contributed by atoms with Crippen LogP contribution in [-0.2, 0) is 0 Å². The summed E-state index contributed by atoms with van der Waals surface area (Å²) in [4.78, 5) is 0. The monoisotopic (exact) mass is 414 g/mol. The van der Waals surface area contributed by atoms with Gasteiger partial charge in [0.1, 0.15) is 0 Å². The molecule has 0 saturated heterocycles. The molecule has 0 heterocycles. The quantitative estimate of drug-likeness (QED) is 0.235. The first kappa shape index (κ1) is 25.9. The van der Waals surface area contributed by atoms with E-state index in [1.54, 1.807) is 0 Å². The summed E-state index contributed by atoms with van der Waals surface area (Å²) in [6.07, 6.45) is 23.4. The van der Waals surface area contributed by atoms with Crippen molar-refractivity contribution in [2.75, 3.05) is 0 Å². The molecule has 126 valence electrons. The Balaban J connectivity index is -0.00000144. The van der Waals surface area contributed by atoms with Crippen LogP contribution in [0.3, 0.4) is 0 Å². The van der Waals surface area contributed by atoms with Gasteiger partial charge in [-0.1, -0.05) is 117 Å². The van der Waals surface area contributed by atoms with Crippen LogP contribution < -0.4 is 0 Å². The van der Waals surface area contributed by atoms with E-state index in [-0.39, 0.29) is 34.0 Å². The Morgan fingerprint density at radius 2 is 0.450 bits per heavy atom. The molecule has 0 N–H and O–H groups in total. The highest BCUT2D eigenvalue weighted by atomic mass is 79.9. The van der Waals surface area contributed by atoms with Gasteiger partial charge in [0.25, 0.3) is 0 Å². The lowest BCUT2D eigenvalue weighted by molar-refractivity contribution is 0.531. The normalized spacial score (nSPS) is 9.90. The van der Waals surface area contributed by atoms with E-state index in [4.69, 9.17) is 0 Å². The third kappa shape index (κ3) is 24.0. The predicted molar refractivity (Wildman–Crippen MR) is 106 cm³/mol. The number of halogens is 2. The van der Waals surface area contributed by atoms with Gasteiger partial charge in [0.05, 0.1) is 0 Å². The number of unbranched alkanes of at least 4 members (excludes halogenated alkanes) is 15. The van der Waals surface area contributed by atoms with Gasteiger partial charge in [-0.3, -0.25) is 0 Å². The zero-order valence-electron chi connectivity index (χ0n) is 14.1. The van der Waals surface area contributed by atoms with Crippen LogP contribution in [0.2, 0.25) is 0 Å². The maximum atomic E-state index is 2.29. The molecule has 0 amide bonds. The molecule has 0 aromatic rings. The van der Waals surface area contributed by atoms with Crippen LogP contribution in [-0.4, -0.2) is 0 Å². The average Bonchev–Trinajstić information content (AvgIpc) is 2.39. The third-order valence-corrected chi connectivity index (χ3v) is 3.96. The zero-order chi connectivity index (χ0) is 13.3. The summed E-state index contributed by atoms with van der Waals surface area (Å²) >= 11 is 0. The van der Waals surface area contributed by atoms with E-state index >= 15 is 0 Å². The molecule has 0 nitrogen and oxygen atoms in total. The molecule has 0 atom stereocenters. The molecule has 0 aliphatic carbocycles. The second kappa shape index (κ2) is 24.9. The first-order chi connectivity index (χ1) is 8.91. The van der Waals surface area contributed by atoms with Gasteiger partial charge in [0.15, 0.2) is 0 Å². The third-order valence-electron chi connectivity index (χ3n) is 3.96. The van der Waals surface area contributed by atoms with Gasteiger partial charge in [0, 0.05) is 0 Å². The van der Waals surface area contributed by atoms with Gasteiger partial charge >= 0.3 is 0 Å². The van der Waals surface area contributed by atoms with Crippen molar-refractivity contribution in [3.05, 3.63) is 0 Å². The molecular weight excluding hydrogens is 376 g/mol. The first-order valence-electron chi connectivity index (χ1n) is 8.91. The minimum Gasteiger partial charge on any atom is -0.114 e. The molecule has 0 rings (SSSR count). The highest BCUT2D eigenvalue weighted by Crippen LogP contribution is 2.13. The van der Waals surface area contributed by atoms with Crippen LogP contribution in [0.25, 0.3) is 0 Å². The van der Waals surface area contributed by atoms with Crippen molar-refractivity contribution >= 4 is 34.0 Å². The molecule has 0 aromatic carbocycles. The molecule has 0 fully saturated rings. The van der Waals surface area contributed by atoms with E-state index in [0.29, 0.717) is 0 Å². The molecule has 0 radical (unpaired) electrons. The highest BCUT2D eigenvalue weighted by Gasteiger charge is 1.93. The van der Waals surface area contributed by atoms with Gasteiger partial charge in [0.2, 0.25) is 0 Å². The summed E-state index contributed by atoms with van der Waals surface area (Å²) in [6.45, 7) is 4.59. The van der Waals surface area contributed by atoms with E-state index in [2.05, 4.69) is 13.8 Å². The topological polar surface area (TPSA) is 0 Å². The molecule has 0 spiro atoms. The predicted octanol–water partition coefficient (Wildman–Crippen LogP) is 8.42. The SMILES string of the molecule is Br.Br.CCCCCCCCCCCCCCCCCC. The molecule has 2 heteroatoms. The lowest BCUT2D eigenvalue weighted by Gasteiger charge is -2.03. The minimum atomic E-state index is 0. The van der Waals surface area contributed by atoms with E-state index < -0.39 is 0 Å². The van der Waals surface area contributed by atoms with Crippen molar-refractivity contribution in [1.29, 1.82) is 0 Å². The van der Waals surface area contributed by atoms with Gasteiger partial charge in [-0.05, 0) is 0 Å². The zero-order valence-corrected chi connectivity index (χ0v) is 17.6. The van der Waals surface area contributed by atoms with Crippen molar-refractivity contribution < 1.29 is 0 Å². The lowest BCUT2D eigenvalue weighted by atomic mass is 10.0. The van der Waals surface area contributed by atoms with E-state index in [0.717, 1.165) is 0 Å². The molecule has 0 aliphatic heterocycles. The molecular formula is C18H40Br2. The lowest BCUT2D eigenvalue weighted by Crippen LogP contribution is -1.83. The molecule has 0 aliphatic rings. The summed E-state index contributed by atoms with van der Waals surface area (Å²) in [5.74, 6) is 0. The Morgan fingerprint density at radius 3 is 0.600 bits per heavy atom. The average molecular weight is 416 g/mol. The fourth-order valence-corrected chi connectivity index (χ4v) is 2.62. The molecule has 0 aromatic heterocycles. The summed E-state index contributed by atoms with van der Waals surface area (Å²) < 4.78 is 0. The molecule has 0 saturated carbocycles. The van der Waals surface area contributed by atoms with Crippen LogP contribution in [0.1, 0.15) is 117 Å². The van der Waals surface area contributed by atoms with Crippen LogP contribution in [0.5, 0.6) is 0 Å². The van der Waals surface area contributed by atoms with Crippen molar-refractivity contribution in [2.45, 2.75) is 117 Å². The van der Waals surface area contributed by atoms with E-state index in [1.807, 2.05) is 0 Å². The van der Waals surface area contributed by atoms with Crippen LogP contribution in [0.4, 0.5) is 0 Å². The van der Waals surface area contributed by atoms with Gasteiger partial charge in [-0.15, -0.1) is 34.0 Å². The van der Waals surface area contributed by atoms with Crippen molar-refractivity contribution in [1.82, 2.24) is 0 Å². The maximum Gasteiger partial charge on any atom is -0.0533 e. The fourth-order valence-electron chi connectivity index (χ4n) is 2.62. The largest absolute Gasteiger partial charge is 0.114 e. The minimum absolute atomic E-state index is 0. The Morgan fingerprint density at radius 1 is 0.300 bits per heavy atom. The van der Waals surface area contributed by atoms with E-state index in [9.17, 15) is 0 Å². The Hall–Kier alpha value is 0.960. The number of hydrogen-bond acceptors (Lipinski definition) is 0. The Bertz CT molecular complexity index is 121. The van der Waals surface area contributed by atoms with Crippen molar-refractivity contribution in [2.24, 2.45) is 0 Å². The van der Waals surface area contributed by atoms with Gasteiger partial charge in [-0.25, -0.2) is 0 Å². The van der Waals surface area contributed by atoms with Crippen molar-refractivity contribution in [3.8, 4) is 0 Å². The van der Waals surface area contributed by atoms with Gasteiger partial charge < -0.3 is 0 Å². The Labute approximate surface area is 150 Å². The molecule has 0 unspecified atom stereocenters. The van der Waals surface area contributed by atoms with Gasteiger partial charge in [-0.2, -0.15) is 0 Å². The smallest absolute Gasteiger partial charge is 0.0533 e. The van der Waals surface area contributed by atoms with E-state index in [1.165, 1.54) is 103 Å². The summed E-state index contributed by atoms with van der Waals surface area (Å²) in [6, 6.07) is 0. The molecule has 20 heavy (non-hydrogen) atoms. The first-order valence-corrected chi connectivity index (χ1v) is 8.91. The van der Waals surface area contributed by atoms with Crippen LogP contribution in [0, 0.1) is 0 Å². The number of rotatable bonds is 15. The second-order valence-electron chi connectivity index (χ2n) is 5.95. The summed E-state index contributed by atoms with van der Waals surface area (Å²) in [7, 11) is 0. The van der Waals surface area contributed by atoms with Crippen molar-refractivity contribution in [3.63, 3.8) is 0 Å².